The number of ether oxygens (including phenoxy) is 8. The molecule has 3 aliphatic heterocycles. The van der Waals surface area contributed by atoms with Gasteiger partial charge < -0.3 is 83.9 Å². The summed E-state index contributed by atoms with van der Waals surface area (Å²) in [6, 6.07) is 0. The van der Waals surface area contributed by atoms with E-state index in [4.69, 9.17) is 37.9 Å². The van der Waals surface area contributed by atoms with Crippen LogP contribution in [-0.2, 0) is 42.7 Å². The molecule has 18 heteroatoms. The predicted octanol–water partition coefficient (Wildman–Crippen LogP) is -0.773. The van der Waals surface area contributed by atoms with Crippen LogP contribution in [-0.4, -0.2) is 182 Å². The maximum Gasteiger partial charge on any atom is 0.303 e. The van der Waals surface area contributed by atoms with Gasteiger partial charge in [0.25, 0.3) is 0 Å². The maximum atomic E-state index is 12.8. The second-order valence-corrected chi connectivity index (χ2v) is 19.4. The first-order valence-corrected chi connectivity index (χ1v) is 22.0. The summed E-state index contributed by atoms with van der Waals surface area (Å²) in [7, 11) is 1.42. The Labute approximate surface area is 351 Å². The normalized spacial score (nSPS) is 53.7. The van der Waals surface area contributed by atoms with Gasteiger partial charge >= 0.3 is 5.97 Å². The van der Waals surface area contributed by atoms with Crippen molar-refractivity contribution in [2.75, 3.05) is 20.3 Å². The summed E-state index contributed by atoms with van der Waals surface area (Å²) in [5.41, 5.74) is -1.48. The lowest BCUT2D eigenvalue weighted by atomic mass is 9.43. The topological polar surface area (TPSA) is 273 Å². The van der Waals surface area contributed by atoms with Crippen LogP contribution in [0.1, 0.15) is 92.4 Å². The van der Waals surface area contributed by atoms with Gasteiger partial charge in [-0.15, -0.1) is 0 Å². The van der Waals surface area contributed by atoms with Crippen LogP contribution in [0.2, 0.25) is 0 Å². The lowest BCUT2D eigenvalue weighted by Crippen LogP contribution is -2.65. The van der Waals surface area contributed by atoms with Crippen LogP contribution in [0.15, 0.2) is 0 Å². The Morgan fingerprint density at radius 1 is 0.717 bits per heavy atom. The molecule has 7 rings (SSSR count). The van der Waals surface area contributed by atoms with Crippen LogP contribution in [0, 0.1) is 34.5 Å². The second-order valence-electron chi connectivity index (χ2n) is 19.4. The number of aliphatic hydroxyl groups excluding tert-OH is 8. The number of carbonyl (C=O) groups excluding carboxylic acids is 1. The average molecular weight is 863 g/mol. The molecule has 4 saturated carbocycles. The molecule has 346 valence electrons. The predicted molar refractivity (Wildman–Crippen MR) is 205 cm³/mol. The summed E-state index contributed by atoms with van der Waals surface area (Å²) < 4.78 is 48.2. The zero-order valence-corrected chi connectivity index (χ0v) is 35.6. The van der Waals surface area contributed by atoms with Gasteiger partial charge in [-0.2, -0.15) is 0 Å². The molecule has 18 nitrogen and oxygen atoms in total. The average Bonchev–Trinajstić information content (AvgIpc) is 3.50. The molecule has 0 aromatic rings. The molecular weight excluding hydrogens is 792 g/mol. The van der Waals surface area contributed by atoms with Gasteiger partial charge in [-0.25, -0.2) is 0 Å². The van der Waals surface area contributed by atoms with Crippen molar-refractivity contribution < 1.29 is 88.6 Å². The van der Waals surface area contributed by atoms with Crippen molar-refractivity contribution in [1.82, 2.24) is 0 Å². The zero-order valence-electron chi connectivity index (χ0n) is 35.6. The van der Waals surface area contributed by atoms with Crippen LogP contribution in [0.25, 0.3) is 0 Å². The van der Waals surface area contributed by atoms with Crippen molar-refractivity contribution in [3.8, 4) is 0 Å². The molecule has 7 fully saturated rings. The number of hydrogen-bond acceptors (Lipinski definition) is 18. The fraction of sp³-hybridized carbons (Fsp3) is 0.976. The highest BCUT2D eigenvalue weighted by molar-refractivity contribution is 5.66. The Hall–Kier alpha value is -1.17. The molecule has 9 N–H and O–H groups in total. The summed E-state index contributed by atoms with van der Waals surface area (Å²) in [6.45, 7) is 8.23. The molecular formula is C42H70O18. The number of fused-ring (bicyclic) bond motifs is 5. The molecule has 0 spiro atoms. The van der Waals surface area contributed by atoms with Crippen molar-refractivity contribution in [1.29, 1.82) is 0 Å². The molecule has 0 aromatic carbocycles. The number of esters is 1. The molecule has 24 atom stereocenters. The first kappa shape index (κ1) is 46.8. The van der Waals surface area contributed by atoms with Crippen molar-refractivity contribution in [3.63, 3.8) is 0 Å². The van der Waals surface area contributed by atoms with E-state index in [1.165, 1.54) is 14.0 Å². The fourth-order valence-electron chi connectivity index (χ4n) is 13.0. The largest absolute Gasteiger partial charge is 0.454 e. The lowest BCUT2D eigenvalue weighted by Gasteiger charge is -2.64. The van der Waals surface area contributed by atoms with E-state index >= 15 is 0 Å². The van der Waals surface area contributed by atoms with E-state index in [2.05, 4.69) is 13.8 Å². The minimum Gasteiger partial charge on any atom is -0.454 e. The Bertz CT molecular complexity index is 1470. The minimum atomic E-state index is -1.66. The minimum absolute atomic E-state index is 0.0633. The molecule has 0 amide bonds. The van der Waals surface area contributed by atoms with E-state index in [0.717, 1.165) is 38.5 Å². The van der Waals surface area contributed by atoms with Gasteiger partial charge in [0.1, 0.15) is 61.0 Å². The van der Waals surface area contributed by atoms with Crippen molar-refractivity contribution in [2.24, 2.45) is 34.5 Å². The first-order chi connectivity index (χ1) is 28.3. The van der Waals surface area contributed by atoms with Gasteiger partial charge in [0, 0.05) is 19.4 Å². The highest BCUT2D eigenvalue weighted by atomic mass is 16.8. The Morgan fingerprint density at radius 3 is 1.97 bits per heavy atom. The number of hydrogen-bond donors (Lipinski definition) is 9. The first-order valence-electron chi connectivity index (χ1n) is 22.0. The summed E-state index contributed by atoms with van der Waals surface area (Å²) >= 11 is 0. The monoisotopic (exact) mass is 862 g/mol. The van der Waals surface area contributed by atoms with Gasteiger partial charge in [-0.3, -0.25) is 4.79 Å². The van der Waals surface area contributed by atoms with Gasteiger partial charge in [0.2, 0.25) is 0 Å². The third kappa shape index (κ3) is 8.00. The summed E-state index contributed by atoms with van der Waals surface area (Å²) in [5, 5.41) is 94.8. The highest BCUT2D eigenvalue weighted by Gasteiger charge is 2.68. The van der Waals surface area contributed by atoms with Gasteiger partial charge in [-0.05, 0) is 101 Å². The molecule has 3 saturated heterocycles. The van der Waals surface area contributed by atoms with E-state index in [1.807, 2.05) is 6.92 Å². The Kier molecular flexibility index (Phi) is 14.1. The van der Waals surface area contributed by atoms with Crippen LogP contribution in [0.5, 0.6) is 0 Å². The summed E-state index contributed by atoms with van der Waals surface area (Å²) in [4.78, 5) is 12.4. The number of aliphatic hydroxyl groups is 9. The lowest BCUT2D eigenvalue weighted by molar-refractivity contribution is -0.362. The van der Waals surface area contributed by atoms with Crippen LogP contribution < -0.4 is 0 Å². The summed E-state index contributed by atoms with van der Waals surface area (Å²) in [5.74, 6) is -0.0235. The highest BCUT2D eigenvalue weighted by Crippen LogP contribution is 2.69. The molecule has 3 heterocycles. The van der Waals surface area contributed by atoms with Crippen molar-refractivity contribution >= 4 is 5.97 Å². The smallest absolute Gasteiger partial charge is 0.303 e. The standard InChI is InChI=1S/C42H70O18/c1-18(54-37-32(50)30(48)28(46)26(16-43)58-37)23-11-14-42(52)25-8-7-21-15-22(9-12-40(21,4)24(25)10-13-41(23,42)5)57-39-36(56-20(3)45)35(53-6)34(19(2)55-39)60-38-33(51)31(49)29(47)27(17-44)59-38/h18-19,21-39,43-44,46-52H,7-17H2,1-6H3/t18?,19-,21?,22+,23-,24+,25-,26-,27-,28-,29-,30+,31+,32-,33-,34+,35+,36-,37-,38+,39+,40+,41-,42+/m1/s1. The molecule has 4 aliphatic carbocycles. The van der Waals surface area contributed by atoms with Crippen LogP contribution in [0.4, 0.5) is 0 Å². The van der Waals surface area contributed by atoms with E-state index < -0.39 is 128 Å². The summed E-state index contributed by atoms with van der Waals surface area (Å²) in [6.07, 6.45) is -12.7. The molecule has 0 radical (unpaired) electrons. The van der Waals surface area contributed by atoms with Crippen LogP contribution in [0.3, 0.4) is 0 Å². The van der Waals surface area contributed by atoms with Crippen molar-refractivity contribution in [2.45, 2.75) is 202 Å². The third-order valence-electron chi connectivity index (χ3n) is 16.4. The van der Waals surface area contributed by atoms with Crippen LogP contribution >= 0.6 is 0 Å². The number of carbonyl (C=O) groups is 1. The number of methoxy groups -OCH3 is 1. The third-order valence-corrected chi connectivity index (χ3v) is 16.4. The Morgan fingerprint density at radius 2 is 1.35 bits per heavy atom. The number of rotatable bonds is 11. The molecule has 2 unspecified atom stereocenters. The van der Waals surface area contributed by atoms with E-state index in [1.54, 1.807) is 6.92 Å². The fourth-order valence-corrected chi connectivity index (χ4v) is 13.0. The van der Waals surface area contributed by atoms with Crippen molar-refractivity contribution in [3.05, 3.63) is 0 Å². The molecule has 0 bridgehead atoms. The van der Waals surface area contributed by atoms with Gasteiger partial charge in [0.05, 0.1) is 37.1 Å². The zero-order chi connectivity index (χ0) is 43.6. The SMILES string of the molecule is CO[C@H]1[C@@H](O[C@@H]2O[C@H](CO)[C@@H](O)[C@H](O)[C@H]2O)[C@@H](C)O[C@@H](O[C@H]2CC[C@@]3(C)C(CC[C@@H]4[C@@H]3CC[C@]3(C)[C@@H](C(C)O[C@@H]5O[C@H](CO)[C@@H](O)[C@H](O)[C@H]5O)CC[C@]43O)C2)[C@@H]1OC(C)=O. The van der Waals surface area contributed by atoms with E-state index in [0.29, 0.717) is 25.2 Å². The maximum absolute atomic E-state index is 12.8. The Balaban J connectivity index is 1.00. The second kappa shape index (κ2) is 18.0. The molecule has 0 aromatic heterocycles. The van der Waals surface area contributed by atoms with Gasteiger partial charge in [0.15, 0.2) is 25.0 Å². The molecule has 7 aliphatic rings. The quantitative estimate of drug-likeness (QED) is 0.0911. The molecule has 60 heavy (non-hydrogen) atoms. The van der Waals surface area contributed by atoms with E-state index in [-0.39, 0.29) is 29.3 Å². The van der Waals surface area contributed by atoms with E-state index in [9.17, 15) is 50.8 Å². The van der Waals surface area contributed by atoms with Gasteiger partial charge in [-0.1, -0.05) is 13.8 Å².